The highest BCUT2D eigenvalue weighted by molar-refractivity contribution is 6.02. The van der Waals surface area contributed by atoms with E-state index >= 15 is 0 Å². The molecule has 11 nitrogen and oxygen atoms in total. The smallest absolute Gasteiger partial charge is 0.412 e. The molecule has 1 aromatic heterocycles. The summed E-state index contributed by atoms with van der Waals surface area (Å²) in [5.74, 6) is -2.57. The van der Waals surface area contributed by atoms with Gasteiger partial charge in [0, 0.05) is 13.0 Å². The van der Waals surface area contributed by atoms with E-state index in [2.05, 4.69) is 21.0 Å². The van der Waals surface area contributed by atoms with Crippen molar-refractivity contribution in [2.75, 3.05) is 25.0 Å². The quantitative estimate of drug-likeness (QED) is 0.385. The number of nitrogens with zero attached hydrogens (tertiary/aromatic N) is 2. The predicted molar refractivity (Wildman–Crippen MR) is 125 cm³/mol. The van der Waals surface area contributed by atoms with E-state index in [-0.39, 0.29) is 23.9 Å². The van der Waals surface area contributed by atoms with Crippen molar-refractivity contribution < 1.29 is 29.0 Å². The third-order valence-corrected chi connectivity index (χ3v) is 5.59. The lowest BCUT2D eigenvalue weighted by molar-refractivity contribution is -0.137. The lowest BCUT2D eigenvalue weighted by atomic mass is 9.98. The zero-order valence-corrected chi connectivity index (χ0v) is 18.8. The zero-order valence-electron chi connectivity index (χ0n) is 18.8. The van der Waals surface area contributed by atoms with E-state index in [1.165, 1.54) is 17.9 Å². The number of carbonyl (C=O) groups is 4. The van der Waals surface area contributed by atoms with Gasteiger partial charge in [-0.05, 0) is 22.3 Å². The molecule has 0 saturated carbocycles. The van der Waals surface area contributed by atoms with Crippen molar-refractivity contribution in [2.45, 2.75) is 5.92 Å². The highest BCUT2D eigenvalue weighted by Crippen LogP contribution is 2.44. The molecule has 180 valence electrons. The fourth-order valence-electron chi connectivity index (χ4n) is 3.98. The molecule has 0 atom stereocenters. The molecule has 0 aliphatic heterocycles. The fraction of sp³-hybridized carbons (Fsp3) is 0.208. The van der Waals surface area contributed by atoms with Gasteiger partial charge < -0.3 is 20.5 Å². The second-order valence-electron chi connectivity index (χ2n) is 7.83. The molecule has 1 aliphatic carbocycles. The normalized spacial score (nSPS) is 11.8. The Kier molecular flexibility index (Phi) is 6.76. The van der Waals surface area contributed by atoms with Crippen LogP contribution in [-0.2, 0) is 21.4 Å². The highest BCUT2D eigenvalue weighted by atomic mass is 16.5. The van der Waals surface area contributed by atoms with Crippen molar-refractivity contribution in [2.24, 2.45) is 7.05 Å². The first-order valence-electron chi connectivity index (χ1n) is 10.8. The van der Waals surface area contributed by atoms with Gasteiger partial charge in [0.15, 0.2) is 0 Å². The number of amides is 3. The van der Waals surface area contributed by atoms with Crippen LogP contribution in [0, 0.1) is 0 Å². The topological polar surface area (TPSA) is 152 Å². The SMILES string of the molecule is Cn1ncc(C(=O)NCC(=O)NCC(=O)O)c1NC(=O)OCC1c2ccccc2-c2ccccc21. The average Bonchev–Trinajstić information content (AvgIpc) is 3.37. The van der Waals surface area contributed by atoms with Crippen molar-refractivity contribution in [3.05, 3.63) is 71.4 Å². The van der Waals surface area contributed by atoms with Gasteiger partial charge in [-0.2, -0.15) is 5.10 Å². The van der Waals surface area contributed by atoms with Gasteiger partial charge in [-0.1, -0.05) is 48.5 Å². The number of carbonyl (C=O) groups excluding carboxylic acids is 3. The van der Waals surface area contributed by atoms with Crippen LogP contribution in [0.15, 0.2) is 54.7 Å². The number of benzene rings is 2. The Balaban J connectivity index is 1.38. The third kappa shape index (κ3) is 5.13. The summed E-state index contributed by atoms with van der Waals surface area (Å²) < 4.78 is 6.81. The van der Waals surface area contributed by atoms with Crippen LogP contribution in [0.3, 0.4) is 0 Å². The Hall–Kier alpha value is -4.67. The molecular formula is C24H23N5O6. The maximum Gasteiger partial charge on any atom is 0.412 e. The van der Waals surface area contributed by atoms with Crippen LogP contribution in [0.2, 0.25) is 0 Å². The summed E-state index contributed by atoms with van der Waals surface area (Å²) in [5.41, 5.74) is 4.38. The Morgan fingerprint density at radius 3 is 2.23 bits per heavy atom. The molecule has 0 spiro atoms. The summed E-state index contributed by atoms with van der Waals surface area (Å²) >= 11 is 0. The third-order valence-electron chi connectivity index (χ3n) is 5.59. The van der Waals surface area contributed by atoms with E-state index in [4.69, 9.17) is 9.84 Å². The summed E-state index contributed by atoms with van der Waals surface area (Å²) in [6, 6.07) is 15.9. The first-order chi connectivity index (χ1) is 16.8. The minimum Gasteiger partial charge on any atom is -0.480 e. The van der Waals surface area contributed by atoms with Crippen molar-refractivity contribution in [1.29, 1.82) is 0 Å². The van der Waals surface area contributed by atoms with Crippen LogP contribution >= 0.6 is 0 Å². The summed E-state index contributed by atoms with van der Waals surface area (Å²) in [6.07, 6.45) is 0.479. The average molecular weight is 477 g/mol. The summed E-state index contributed by atoms with van der Waals surface area (Å²) in [5, 5.41) is 19.6. The van der Waals surface area contributed by atoms with Crippen LogP contribution in [0.25, 0.3) is 11.1 Å². The van der Waals surface area contributed by atoms with Crippen LogP contribution in [-0.4, -0.2) is 58.5 Å². The molecule has 3 aromatic rings. The first-order valence-corrected chi connectivity index (χ1v) is 10.8. The minimum atomic E-state index is -1.20. The van der Waals surface area contributed by atoms with E-state index in [9.17, 15) is 19.2 Å². The molecule has 0 saturated heterocycles. The van der Waals surface area contributed by atoms with Crippen molar-refractivity contribution in [3.8, 4) is 11.1 Å². The molecule has 2 aromatic carbocycles. The number of rotatable bonds is 8. The fourth-order valence-corrected chi connectivity index (χ4v) is 3.98. The number of aromatic nitrogens is 2. The molecule has 1 heterocycles. The number of fused-ring (bicyclic) bond motifs is 3. The molecule has 1 aliphatic rings. The van der Waals surface area contributed by atoms with E-state index < -0.39 is 37.0 Å². The van der Waals surface area contributed by atoms with Crippen molar-refractivity contribution in [1.82, 2.24) is 20.4 Å². The van der Waals surface area contributed by atoms with Gasteiger partial charge in [-0.3, -0.25) is 24.4 Å². The molecule has 4 rings (SSSR count). The molecule has 0 unspecified atom stereocenters. The van der Waals surface area contributed by atoms with Crippen LogP contribution in [0.1, 0.15) is 27.4 Å². The van der Waals surface area contributed by atoms with E-state index in [0.29, 0.717) is 0 Å². The van der Waals surface area contributed by atoms with Crippen LogP contribution < -0.4 is 16.0 Å². The molecule has 0 bridgehead atoms. The largest absolute Gasteiger partial charge is 0.480 e. The molecule has 35 heavy (non-hydrogen) atoms. The van der Waals surface area contributed by atoms with Crippen LogP contribution in [0.4, 0.5) is 10.6 Å². The van der Waals surface area contributed by atoms with Gasteiger partial charge in [0.1, 0.15) is 24.5 Å². The summed E-state index contributed by atoms with van der Waals surface area (Å²) in [4.78, 5) is 47.2. The van der Waals surface area contributed by atoms with Crippen LogP contribution in [0.5, 0.6) is 0 Å². The van der Waals surface area contributed by atoms with Gasteiger partial charge in [-0.25, -0.2) is 4.79 Å². The number of hydrogen-bond acceptors (Lipinski definition) is 6. The summed E-state index contributed by atoms with van der Waals surface area (Å²) in [6.45, 7) is -0.898. The molecular weight excluding hydrogens is 454 g/mol. The van der Waals surface area contributed by atoms with E-state index in [1.807, 2.05) is 48.5 Å². The number of aryl methyl sites for hydroxylation is 1. The van der Waals surface area contributed by atoms with Gasteiger partial charge >= 0.3 is 12.1 Å². The summed E-state index contributed by atoms with van der Waals surface area (Å²) in [7, 11) is 1.54. The Labute approximate surface area is 200 Å². The number of carboxylic acids is 1. The molecule has 0 fully saturated rings. The molecule has 0 radical (unpaired) electrons. The maximum atomic E-state index is 12.6. The lowest BCUT2D eigenvalue weighted by Crippen LogP contribution is -2.39. The van der Waals surface area contributed by atoms with Gasteiger partial charge in [0.05, 0.1) is 12.7 Å². The second kappa shape index (κ2) is 10.1. The Morgan fingerprint density at radius 1 is 0.971 bits per heavy atom. The number of ether oxygens (including phenoxy) is 1. The number of carboxylic acid groups (broad SMARTS) is 1. The molecule has 11 heteroatoms. The lowest BCUT2D eigenvalue weighted by Gasteiger charge is -2.15. The predicted octanol–water partition coefficient (Wildman–Crippen LogP) is 1.71. The number of hydrogen-bond donors (Lipinski definition) is 4. The van der Waals surface area contributed by atoms with Crippen molar-refractivity contribution in [3.63, 3.8) is 0 Å². The monoisotopic (exact) mass is 477 g/mol. The van der Waals surface area contributed by atoms with E-state index in [0.717, 1.165) is 22.3 Å². The number of anilines is 1. The van der Waals surface area contributed by atoms with Gasteiger partial charge in [-0.15, -0.1) is 0 Å². The Morgan fingerprint density at radius 2 is 1.60 bits per heavy atom. The van der Waals surface area contributed by atoms with Gasteiger partial charge in [0.25, 0.3) is 5.91 Å². The maximum absolute atomic E-state index is 12.6. The first kappa shape index (κ1) is 23.5. The van der Waals surface area contributed by atoms with E-state index in [1.54, 1.807) is 0 Å². The molecule has 3 amide bonds. The zero-order chi connectivity index (χ0) is 24.9. The minimum absolute atomic E-state index is 0.0204. The Bertz CT molecular complexity index is 1260. The highest BCUT2D eigenvalue weighted by Gasteiger charge is 2.29. The second-order valence-corrected chi connectivity index (χ2v) is 7.83. The standard InChI is InChI=1S/C24H23N5O6/c1-29-22(18(10-27-29)23(33)26-11-20(30)25-12-21(31)32)28-24(34)35-13-19-16-8-4-2-6-14(16)15-7-3-5-9-17(15)19/h2-10,19H,11-13H2,1H3,(H,25,30)(H,26,33)(H,28,34)(H,31,32). The number of nitrogens with one attached hydrogen (secondary N) is 3. The molecule has 4 N–H and O–H groups in total. The van der Waals surface area contributed by atoms with Gasteiger partial charge in [0.2, 0.25) is 5.91 Å². The number of aliphatic carboxylic acids is 1. The van der Waals surface area contributed by atoms with Crippen molar-refractivity contribution >= 4 is 29.7 Å².